The summed E-state index contributed by atoms with van der Waals surface area (Å²) in [5.74, 6) is -0.150. The number of hydrogen-bond donors (Lipinski definition) is 1. The first-order chi connectivity index (χ1) is 9.51. The number of ether oxygens (including phenoxy) is 1. The lowest BCUT2D eigenvalue weighted by Gasteiger charge is -2.27. The highest BCUT2D eigenvalue weighted by atomic mass is 16.5. The van der Waals surface area contributed by atoms with E-state index in [1.165, 1.54) is 11.6 Å². The zero-order valence-electron chi connectivity index (χ0n) is 13.9. The highest BCUT2D eigenvalue weighted by Crippen LogP contribution is 2.35. The molecule has 1 N–H and O–H groups in total. The van der Waals surface area contributed by atoms with Gasteiger partial charge < -0.3 is 9.84 Å². The molecule has 0 spiro atoms. The molecule has 3 heteroatoms. The molecule has 0 radical (unpaired) electrons. The second-order valence-corrected chi connectivity index (χ2v) is 7.26. The van der Waals surface area contributed by atoms with E-state index in [0.717, 1.165) is 17.4 Å². The van der Waals surface area contributed by atoms with Crippen molar-refractivity contribution >= 4 is 5.97 Å². The number of carbonyl (C=O) groups is 1. The van der Waals surface area contributed by atoms with Crippen LogP contribution in [-0.4, -0.2) is 17.7 Å². The third kappa shape index (κ3) is 5.25. The van der Waals surface area contributed by atoms with Crippen molar-refractivity contribution in [3.05, 3.63) is 41.5 Å². The van der Waals surface area contributed by atoms with Crippen LogP contribution in [0.5, 0.6) is 5.75 Å². The van der Waals surface area contributed by atoms with Crippen molar-refractivity contribution in [2.45, 2.75) is 52.4 Å². The Morgan fingerprint density at radius 2 is 1.76 bits per heavy atom. The Morgan fingerprint density at radius 3 is 2.24 bits per heavy atom. The summed E-state index contributed by atoms with van der Waals surface area (Å²) in [7, 11) is 0. The van der Waals surface area contributed by atoms with Gasteiger partial charge in [-0.1, -0.05) is 53.7 Å². The number of carboxylic acids is 1. The lowest BCUT2D eigenvalue weighted by atomic mass is 9.80. The Hall–Kier alpha value is -1.77. The Bertz CT molecular complexity index is 528. The molecule has 0 atom stereocenters. The van der Waals surface area contributed by atoms with Gasteiger partial charge in [-0.15, -0.1) is 0 Å². The van der Waals surface area contributed by atoms with Gasteiger partial charge in [-0.05, 0) is 34.1 Å². The minimum absolute atomic E-state index is 0.0346. The van der Waals surface area contributed by atoms with Gasteiger partial charge in [0, 0.05) is 6.08 Å². The molecular weight excluding hydrogens is 264 g/mol. The van der Waals surface area contributed by atoms with Crippen molar-refractivity contribution in [3.63, 3.8) is 0 Å². The number of hydrogen-bond acceptors (Lipinski definition) is 2. The fourth-order valence-corrected chi connectivity index (χ4v) is 2.00. The van der Waals surface area contributed by atoms with Crippen molar-refractivity contribution in [3.8, 4) is 5.75 Å². The lowest BCUT2D eigenvalue weighted by Crippen LogP contribution is -2.17. The smallest absolute Gasteiger partial charge is 0.328 e. The van der Waals surface area contributed by atoms with E-state index in [9.17, 15) is 4.79 Å². The molecule has 1 aromatic carbocycles. The van der Waals surface area contributed by atoms with Crippen LogP contribution >= 0.6 is 0 Å². The van der Waals surface area contributed by atoms with E-state index in [2.05, 4.69) is 53.7 Å². The van der Waals surface area contributed by atoms with Crippen LogP contribution < -0.4 is 4.74 Å². The molecule has 1 rings (SSSR count). The van der Waals surface area contributed by atoms with Gasteiger partial charge in [-0.2, -0.15) is 0 Å². The molecule has 0 aromatic heterocycles. The van der Waals surface area contributed by atoms with Gasteiger partial charge in [0.2, 0.25) is 0 Å². The van der Waals surface area contributed by atoms with Crippen LogP contribution in [0.4, 0.5) is 0 Å². The summed E-state index contributed by atoms with van der Waals surface area (Å²) in [4.78, 5) is 10.4. The molecule has 0 aliphatic carbocycles. The maximum Gasteiger partial charge on any atom is 0.328 e. The molecule has 21 heavy (non-hydrogen) atoms. The van der Waals surface area contributed by atoms with Gasteiger partial charge in [-0.3, -0.25) is 0 Å². The molecular formula is C18H26O3. The third-order valence-electron chi connectivity index (χ3n) is 3.25. The van der Waals surface area contributed by atoms with Crippen LogP contribution in [0.25, 0.3) is 0 Å². The SMILES string of the molecule is CC(C)(C)c1ccc(OCC=CC(=O)O)c(C(C)(C)C)c1. The quantitative estimate of drug-likeness (QED) is 0.841. The van der Waals surface area contributed by atoms with Crippen LogP contribution in [0.2, 0.25) is 0 Å². The van der Waals surface area contributed by atoms with Crippen molar-refractivity contribution < 1.29 is 14.6 Å². The first kappa shape index (κ1) is 17.3. The van der Waals surface area contributed by atoms with Gasteiger partial charge in [0.05, 0.1) is 0 Å². The fraction of sp³-hybridized carbons (Fsp3) is 0.500. The van der Waals surface area contributed by atoms with Gasteiger partial charge in [-0.25, -0.2) is 4.79 Å². The monoisotopic (exact) mass is 290 g/mol. The minimum atomic E-state index is -0.960. The summed E-state index contributed by atoms with van der Waals surface area (Å²) in [6, 6.07) is 6.25. The third-order valence-corrected chi connectivity index (χ3v) is 3.25. The molecule has 0 unspecified atom stereocenters. The number of aliphatic carboxylic acids is 1. The summed E-state index contributed by atoms with van der Waals surface area (Å²) in [5.41, 5.74) is 2.45. The van der Waals surface area contributed by atoms with E-state index in [1.807, 2.05) is 6.07 Å². The largest absolute Gasteiger partial charge is 0.489 e. The molecule has 0 saturated heterocycles. The van der Waals surface area contributed by atoms with Crippen LogP contribution in [0.15, 0.2) is 30.4 Å². The number of carboxylic acid groups (broad SMARTS) is 1. The molecule has 3 nitrogen and oxygen atoms in total. The summed E-state index contributed by atoms with van der Waals surface area (Å²) < 4.78 is 5.73. The van der Waals surface area contributed by atoms with Crippen molar-refractivity contribution in [1.29, 1.82) is 0 Å². The minimum Gasteiger partial charge on any atom is -0.489 e. The summed E-state index contributed by atoms with van der Waals surface area (Å²) >= 11 is 0. The maximum atomic E-state index is 10.4. The van der Waals surface area contributed by atoms with E-state index in [4.69, 9.17) is 9.84 Å². The van der Waals surface area contributed by atoms with Crippen LogP contribution in [0, 0.1) is 0 Å². The molecule has 0 amide bonds. The molecule has 116 valence electrons. The zero-order valence-corrected chi connectivity index (χ0v) is 13.9. The number of benzene rings is 1. The van der Waals surface area contributed by atoms with Crippen molar-refractivity contribution in [2.24, 2.45) is 0 Å². The Balaban J connectivity index is 3.06. The van der Waals surface area contributed by atoms with Crippen LogP contribution in [0.1, 0.15) is 52.7 Å². The normalized spacial score (nSPS) is 12.7. The van der Waals surface area contributed by atoms with Crippen molar-refractivity contribution in [1.82, 2.24) is 0 Å². The molecule has 1 aromatic rings. The second kappa shape index (κ2) is 6.33. The van der Waals surface area contributed by atoms with Gasteiger partial charge in [0.1, 0.15) is 12.4 Å². The molecule has 0 aliphatic heterocycles. The highest BCUT2D eigenvalue weighted by molar-refractivity contribution is 5.79. The van der Waals surface area contributed by atoms with Crippen LogP contribution in [-0.2, 0) is 15.6 Å². The standard InChI is InChI=1S/C18H26O3/c1-17(2,3)13-9-10-15(14(12-13)18(4,5)6)21-11-7-8-16(19)20/h7-10,12H,11H2,1-6H3,(H,19,20). The van der Waals surface area contributed by atoms with E-state index < -0.39 is 5.97 Å². The van der Waals surface area contributed by atoms with Gasteiger partial charge in [0.25, 0.3) is 0 Å². The predicted molar refractivity (Wildman–Crippen MR) is 86.1 cm³/mol. The van der Waals surface area contributed by atoms with E-state index in [0.29, 0.717) is 0 Å². The fourth-order valence-electron chi connectivity index (χ4n) is 2.00. The highest BCUT2D eigenvalue weighted by Gasteiger charge is 2.22. The topological polar surface area (TPSA) is 46.5 Å². The first-order valence-electron chi connectivity index (χ1n) is 7.19. The average molecular weight is 290 g/mol. The lowest BCUT2D eigenvalue weighted by molar-refractivity contribution is -0.131. The summed E-state index contributed by atoms with van der Waals surface area (Å²) in [6.07, 6.45) is 2.60. The van der Waals surface area contributed by atoms with E-state index >= 15 is 0 Å². The van der Waals surface area contributed by atoms with Crippen LogP contribution in [0.3, 0.4) is 0 Å². The Kier molecular flexibility index (Phi) is 5.21. The molecule has 0 aliphatic rings. The Labute approximate surface area is 127 Å². The molecule has 0 bridgehead atoms. The summed E-state index contributed by atoms with van der Waals surface area (Å²) in [5, 5.41) is 8.58. The van der Waals surface area contributed by atoms with Gasteiger partial charge >= 0.3 is 5.97 Å². The molecule has 0 saturated carbocycles. The first-order valence-corrected chi connectivity index (χ1v) is 7.19. The zero-order chi connectivity index (χ0) is 16.3. The van der Waals surface area contributed by atoms with Gasteiger partial charge in [0.15, 0.2) is 0 Å². The Morgan fingerprint density at radius 1 is 1.14 bits per heavy atom. The predicted octanol–water partition coefficient (Wildman–Crippen LogP) is 4.30. The maximum absolute atomic E-state index is 10.4. The molecule has 0 heterocycles. The van der Waals surface area contributed by atoms with E-state index in [-0.39, 0.29) is 17.4 Å². The average Bonchev–Trinajstić information content (AvgIpc) is 2.32. The molecule has 0 fully saturated rings. The number of rotatable bonds is 4. The van der Waals surface area contributed by atoms with E-state index in [1.54, 1.807) is 0 Å². The second-order valence-electron chi connectivity index (χ2n) is 7.26. The summed E-state index contributed by atoms with van der Waals surface area (Å²) in [6.45, 7) is 13.3. The van der Waals surface area contributed by atoms with Crippen molar-refractivity contribution in [2.75, 3.05) is 6.61 Å².